The number of benzene rings is 2. The minimum atomic E-state index is -0.680. The van der Waals surface area contributed by atoms with Crippen molar-refractivity contribution in [3.8, 4) is 0 Å². The van der Waals surface area contributed by atoms with Gasteiger partial charge in [0.25, 0.3) is 17.7 Å². The number of primary amides is 1. The average molecular weight is 570 g/mol. The van der Waals surface area contributed by atoms with E-state index in [1.54, 1.807) is 45.7 Å². The van der Waals surface area contributed by atoms with Crippen molar-refractivity contribution in [2.45, 2.75) is 18.9 Å². The van der Waals surface area contributed by atoms with Crippen molar-refractivity contribution in [2.24, 2.45) is 5.73 Å². The van der Waals surface area contributed by atoms with E-state index in [0.717, 1.165) is 12.8 Å². The zero-order chi connectivity index (χ0) is 29.1. The van der Waals surface area contributed by atoms with Gasteiger partial charge in [0.1, 0.15) is 5.69 Å². The molecule has 2 saturated heterocycles. The summed E-state index contributed by atoms with van der Waals surface area (Å²) in [6.45, 7) is 3.40. The van der Waals surface area contributed by atoms with Gasteiger partial charge in [-0.2, -0.15) is 9.97 Å². The molecule has 4 heterocycles. The molecular weight excluding hydrogens is 538 g/mol. The molecule has 0 saturated carbocycles. The lowest BCUT2D eigenvalue weighted by Crippen LogP contribution is -2.48. The van der Waals surface area contributed by atoms with E-state index in [1.165, 1.54) is 6.20 Å². The van der Waals surface area contributed by atoms with Crippen molar-refractivity contribution < 1.29 is 19.1 Å². The number of piperidine rings is 1. The number of amides is 3. The summed E-state index contributed by atoms with van der Waals surface area (Å²) in [7, 11) is 0. The van der Waals surface area contributed by atoms with Gasteiger partial charge in [-0.1, -0.05) is 18.2 Å². The second-order valence-electron chi connectivity index (χ2n) is 10.2. The van der Waals surface area contributed by atoms with Gasteiger partial charge in [0.15, 0.2) is 0 Å². The van der Waals surface area contributed by atoms with Gasteiger partial charge in [-0.25, -0.2) is 4.98 Å². The first-order chi connectivity index (χ1) is 20.4. The number of aromatic nitrogens is 4. The first-order valence-corrected chi connectivity index (χ1v) is 13.9. The van der Waals surface area contributed by atoms with Gasteiger partial charge in [0.2, 0.25) is 17.7 Å². The van der Waals surface area contributed by atoms with Gasteiger partial charge >= 0.3 is 0 Å². The average Bonchev–Trinajstić information content (AvgIpc) is 3.47. The molecule has 3 amide bonds. The Kier molecular flexibility index (Phi) is 7.64. The van der Waals surface area contributed by atoms with Crippen molar-refractivity contribution >= 4 is 41.1 Å². The van der Waals surface area contributed by atoms with Crippen LogP contribution in [0.1, 0.15) is 44.0 Å². The number of hydrogen-bond acceptors (Lipinski definition) is 9. The van der Waals surface area contributed by atoms with Gasteiger partial charge < -0.3 is 30.9 Å². The van der Waals surface area contributed by atoms with E-state index in [4.69, 9.17) is 15.5 Å². The molecule has 216 valence electrons. The van der Waals surface area contributed by atoms with Crippen LogP contribution in [0.3, 0.4) is 0 Å². The second kappa shape index (κ2) is 11.8. The topological polar surface area (TPSA) is 160 Å². The third kappa shape index (κ3) is 5.86. The number of carbonyl (C=O) groups excluding carboxylic acids is 3. The summed E-state index contributed by atoms with van der Waals surface area (Å²) in [5, 5.41) is 6.38. The van der Waals surface area contributed by atoms with E-state index in [1.807, 2.05) is 23.1 Å². The number of imidazole rings is 1. The molecule has 13 heteroatoms. The summed E-state index contributed by atoms with van der Waals surface area (Å²) in [6, 6.07) is 16.1. The predicted octanol–water partition coefficient (Wildman–Crippen LogP) is 1.84. The summed E-state index contributed by atoms with van der Waals surface area (Å²) in [5.74, 6) is 0.181. The quantitative estimate of drug-likeness (QED) is 0.302. The Morgan fingerprint density at radius 3 is 2.40 bits per heavy atom. The summed E-state index contributed by atoms with van der Waals surface area (Å²) in [6.07, 6.45) is 3.14. The fourth-order valence-electron chi connectivity index (χ4n) is 5.13. The normalized spacial score (nSPS) is 17.2. The van der Waals surface area contributed by atoms with Crippen LogP contribution < -0.4 is 21.3 Å². The van der Waals surface area contributed by atoms with Crippen LogP contribution in [0.25, 0.3) is 5.78 Å². The first-order valence-electron chi connectivity index (χ1n) is 13.9. The van der Waals surface area contributed by atoms with Crippen LogP contribution in [0.2, 0.25) is 0 Å². The molecule has 42 heavy (non-hydrogen) atoms. The number of hydrogen-bond donors (Lipinski definition) is 3. The lowest BCUT2D eigenvalue weighted by Gasteiger charge is -2.33. The molecule has 2 aliphatic heterocycles. The van der Waals surface area contributed by atoms with Crippen molar-refractivity contribution in [3.05, 3.63) is 77.6 Å². The molecule has 1 atom stereocenters. The number of carbonyl (C=O) groups is 3. The van der Waals surface area contributed by atoms with E-state index in [2.05, 4.69) is 20.6 Å². The highest BCUT2D eigenvalue weighted by Gasteiger charge is 2.25. The van der Waals surface area contributed by atoms with Crippen LogP contribution in [0.4, 0.5) is 17.6 Å². The fourth-order valence-corrected chi connectivity index (χ4v) is 5.13. The molecule has 13 nitrogen and oxygen atoms in total. The Bertz CT molecular complexity index is 1600. The smallest absolute Gasteiger partial charge is 0.268 e. The highest BCUT2D eigenvalue weighted by molar-refractivity contribution is 5.95. The standard InChI is InChI=1S/C29H31N9O4/c30-24(39)23-18-38-28(32-21-10-8-20(9-11-21)26(41)36-13-15-42-16-14-36)34-27(35-29(38)33-23)37-12-4-7-22(17-37)31-25(40)19-5-2-1-3-6-19/h1-3,5-6,8-11,18,22H,4,7,12-17H2,(H2,30,39)(H,31,40)(H,32,33,34,35). The summed E-state index contributed by atoms with van der Waals surface area (Å²) in [5.41, 5.74) is 7.42. The minimum Gasteiger partial charge on any atom is -0.378 e. The Balaban J connectivity index is 1.23. The molecule has 1 unspecified atom stereocenters. The van der Waals surface area contributed by atoms with E-state index in [-0.39, 0.29) is 29.3 Å². The molecule has 0 aliphatic carbocycles. The number of fused-ring (bicyclic) bond motifs is 1. The van der Waals surface area contributed by atoms with Crippen molar-refractivity contribution in [2.75, 3.05) is 49.6 Å². The molecule has 4 aromatic rings. The molecule has 2 aromatic carbocycles. The molecule has 2 aliphatic rings. The van der Waals surface area contributed by atoms with Crippen molar-refractivity contribution in [3.63, 3.8) is 0 Å². The van der Waals surface area contributed by atoms with Gasteiger partial charge in [0, 0.05) is 55.2 Å². The first kappa shape index (κ1) is 27.1. The highest BCUT2D eigenvalue weighted by atomic mass is 16.5. The number of morpholine rings is 1. The summed E-state index contributed by atoms with van der Waals surface area (Å²) >= 11 is 0. The van der Waals surface area contributed by atoms with Crippen molar-refractivity contribution in [1.82, 2.24) is 29.6 Å². The molecule has 0 spiro atoms. The van der Waals surface area contributed by atoms with E-state index < -0.39 is 5.91 Å². The third-order valence-corrected chi connectivity index (χ3v) is 7.34. The number of anilines is 3. The third-order valence-electron chi connectivity index (χ3n) is 7.34. The van der Waals surface area contributed by atoms with Gasteiger partial charge in [0.05, 0.1) is 13.2 Å². The number of nitrogens with zero attached hydrogens (tertiary/aromatic N) is 6. The number of ether oxygens (including phenoxy) is 1. The van der Waals surface area contributed by atoms with E-state index >= 15 is 0 Å². The van der Waals surface area contributed by atoms with Gasteiger partial charge in [-0.15, -0.1) is 0 Å². The largest absolute Gasteiger partial charge is 0.378 e. The second-order valence-corrected chi connectivity index (χ2v) is 10.2. The molecule has 0 bridgehead atoms. The molecule has 6 rings (SSSR count). The number of nitrogens with two attached hydrogens (primary N) is 1. The van der Waals surface area contributed by atoms with Crippen LogP contribution in [0.15, 0.2) is 60.8 Å². The van der Waals surface area contributed by atoms with Crippen LogP contribution in [-0.2, 0) is 4.74 Å². The molecular formula is C29H31N9O4. The fraction of sp³-hybridized carbons (Fsp3) is 0.310. The summed E-state index contributed by atoms with van der Waals surface area (Å²) < 4.78 is 6.91. The van der Waals surface area contributed by atoms with E-state index in [9.17, 15) is 14.4 Å². The van der Waals surface area contributed by atoms with Crippen LogP contribution in [0.5, 0.6) is 0 Å². The van der Waals surface area contributed by atoms with Crippen LogP contribution >= 0.6 is 0 Å². The van der Waals surface area contributed by atoms with Gasteiger partial charge in [-0.05, 0) is 49.2 Å². The Hall–Kier alpha value is -5.04. The highest BCUT2D eigenvalue weighted by Crippen LogP contribution is 2.23. The number of rotatable bonds is 7. The SMILES string of the molecule is NC(=O)c1cn2c(Nc3ccc(C(=O)N4CCOCC4)cc3)nc(N3CCCC(NC(=O)c4ccccc4)C3)nc2n1. The zero-order valence-electron chi connectivity index (χ0n) is 22.9. The molecule has 4 N–H and O–H groups in total. The van der Waals surface area contributed by atoms with Gasteiger partial charge in [-0.3, -0.25) is 18.8 Å². The Labute approximate surface area is 241 Å². The molecule has 2 fully saturated rings. The number of nitrogens with one attached hydrogen (secondary N) is 2. The maximum absolute atomic E-state index is 12.8. The maximum atomic E-state index is 12.8. The summed E-state index contributed by atoms with van der Waals surface area (Å²) in [4.78, 5) is 55.0. The maximum Gasteiger partial charge on any atom is 0.268 e. The Morgan fingerprint density at radius 1 is 0.905 bits per heavy atom. The monoisotopic (exact) mass is 569 g/mol. The zero-order valence-corrected chi connectivity index (χ0v) is 22.9. The molecule has 0 radical (unpaired) electrons. The van der Waals surface area contributed by atoms with Crippen LogP contribution in [-0.4, -0.2) is 87.4 Å². The minimum absolute atomic E-state index is 0.0451. The van der Waals surface area contributed by atoms with E-state index in [0.29, 0.717) is 68.1 Å². The Morgan fingerprint density at radius 2 is 1.67 bits per heavy atom. The van der Waals surface area contributed by atoms with Crippen molar-refractivity contribution in [1.29, 1.82) is 0 Å². The lowest BCUT2D eigenvalue weighted by molar-refractivity contribution is 0.0303. The molecule has 2 aromatic heterocycles. The van der Waals surface area contributed by atoms with Crippen LogP contribution in [0, 0.1) is 0 Å². The lowest BCUT2D eigenvalue weighted by atomic mass is 10.1. The predicted molar refractivity (Wildman–Crippen MR) is 155 cm³/mol.